The van der Waals surface area contributed by atoms with Gasteiger partial charge in [0.25, 0.3) is 0 Å². The van der Waals surface area contributed by atoms with Gasteiger partial charge in [0.2, 0.25) is 0 Å². The molecule has 0 N–H and O–H groups in total. The summed E-state index contributed by atoms with van der Waals surface area (Å²) in [5.74, 6) is 2.58. The quantitative estimate of drug-likeness (QED) is 0.226. The van der Waals surface area contributed by atoms with Crippen LogP contribution in [-0.2, 0) is 9.53 Å². The van der Waals surface area contributed by atoms with Crippen LogP contribution in [-0.4, -0.2) is 50.2 Å². The molecule has 2 rings (SSSR count). The first-order valence-electron chi connectivity index (χ1n) is 10.8. The normalized spacial score (nSPS) is 12.6. The Morgan fingerprint density at radius 1 is 1.14 bits per heavy atom. The number of allylic oxidation sites excluding steroid dienone is 3. The molecule has 1 saturated carbocycles. The van der Waals surface area contributed by atoms with Crippen molar-refractivity contribution in [3.63, 3.8) is 0 Å². The first-order chi connectivity index (χ1) is 15.4. The molecule has 0 aromatic heterocycles. The van der Waals surface area contributed by atoms with E-state index in [4.69, 9.17) is 20.8 Å². The SMILES string of the molecule is [CH-]=C(/C(C)=C(/C)[C-]=O)c1cc(OC)c([CH2-])c(OC)c1.[CH2-]CN(C[C-]1CC1)C(=O)OC(C)(C)C.[CH3-].[Li+].[Li+]. The molecule has 1 amide bonds. The van der Waals surface area contributed by atoms with Gasteiger partial charge < -0.3 is 38.3 Å². The number of methoxy groups -OCH3 is 2. The summed E-state index contributed by atoms with van der Waals surface area (Å²) in [5, 5.41) is 0. The number of carbonyl (C=O) groups is 1. The molecule has 192 valence electrons. The Labute approximate surface area is 243 Å². The van der Waals surface area contributed by atoms with E-state index in [9.17, 15) is 9.59 Å². The predicted octanol–water partition coefficient (Wildman–Crippen LogP) is 0.0327. The summed E-state index contributed by atoms with van der Waals surface area (Å²) < 4.78 is 15.7. The maximum atomic E-state index is 11.6. The van der Waals surface area contributed by atoms with Gasteiger partial charge in [-0.25, -0.2) is 35.4 Å². The van der Waals surface area contributed by atoms with Crippen LogP contribution in [0.2, 0.25) is 0 Å². The van der Waals surface area contributed by atoms with Crippen molar-refractivity contribution in [2.45, 2.75) is 53.1 Å². The topological polar surface area (TPSA) is 65.1 Å². The number of benzene rings is 1. The van der Waals surface area contributed by atoms with Gasteiger partial charge in [0.05, 0.1) is 14.2 Å². The monoisotopic (exact) mass is 483 g/mol. The fraction of sp³-hybridized carbons (Fsp3) is 0.429. The second-order valence-electron chi connectivity index (χ2n) is 8.78. The molecule has 8 heteroatoms. The van der Waals surface area contributed by atoms with Gasteiger partial charge in [-0.3, -0.25) is 5.92 Å². The third-order valence-corrected chi connectivity index (χ3v) is 4.98. The van der Waals surface area contributed by atoms with Crippen LogP contribution in [0.5, 0.6) is 11.5 Å². The summed E-state index contributed by atoms with van der Waals surface area (Å²) in [6, 6.07) is 3.53. The van der Waals surface area contributed by atoms with E-state index < -0.39 is 5.60 Å². The molecule has 6 nitrogen and oxygen atoms in total. The molecular formula is C28H39Li2NO5-4. The summed E-state index contributed by atoms with van der Waals surface area (Å²) >= 11 is 0. The Balaban J connectivity index is -0.000000579. The van der Waals surface area contributed by atoms with Crippen molar-refractivity contribution in [1.82, 2.24) is 4.90 Å². The fourth-order valence-corrected chi connectivity index (χ4v) is 2.71. The van der Waals surface area contributed by atoms with Crippen LogP contribution in [0.3, 0.4) is 0 Å². The summed E-state index contributed by atoms with van der Waals surface area (Å²) in [5.41, 5.74) is 2.58. The third kappa shape index (κ3) is 12.5. The summed E-state index contributed by atoms with van der Waals surface area (Å²) in [6.45, 7) is 23.9. The van der Waals surface area contributed by atoms with Crippen molar-refractivity contribution < 1.29 is 61.5 Å². The Kier molecular flexibility index (Phi) is 19.1. The maximum absolute atomic E-state index is 11.6. The Morgan fingerprint density at radius 3 is 1.94 bits per heavy atom. The van der Waals surface area contributed by atoms with Crippen molar-refractivity contribution in [1.29, 1.82) is 0 Å². The van der Waals surface area contributed by atoms with Crippen molar-refractivity contribution in [3.05, 3.63) is 68.2 Å². The van der Waals surface area contributed by atoms with Crippen LogP contribution in [0.25, 0.3) is 5.57 Å². The van der Waals surface area contributed by atoms with E-state index in [2.05, 4.69) is 13.8 Å². The average molecular weight is 484 g/mol. The van der Waals surface area contributed by atoms with Crippen molar-refractivity contribution in [2.75, 3.05) is 27.3 Å². The van der Waals surface area contributed by atoms with Crippen molar-refractivity contribution >= 4 is 18.0 Å². The number of rotatable bonds is 8. The molecule has 36 heavy (non-hydrogen) atoms. The minimum Gasteiger partial charge on any atom is -0.554 e. The molecule has 0 saturated heterocycles. The first-order valence-corrected chi connectivity index (χ1v) is 10.8. The van der Waals surface area contributed by atoms with Gasteiger partial charge in [0.1, 0.15) is 5.60 Å². The molecular weight excluding hydrogens is 444 g/mol. The molecule has 0 radical (unpaired) electrons. The summed E-state index contributed by atoms with van der Waals surface area (Å²) in [6.07, 6.45) is 3.88. The second-order valence-corrected chi connectivity index (χ2v) is 8.78. The molecule has 0 atom stereocenters. The number of hydrogen-bond donors (Lipinski definition) is 0. The van der Waals surface area contributed by atoms with Gasteiger partial charge in [-0.15, -0.1) is 37.7 Å². The molecule has 0 spiro atoms. The molecule has 1 aromatic carbocycles. The first kappa shape index (κ1) is 38.8. The van der Waals surface area contributed by atoms with Crippen molar-refractivity contribution in [3.8, 4) is 11.5 Å². The second kappa shape index (κ2) is 17.7. The van der Waals surface area contributed by atoms with Gasteiger partial charge in [-0.1, -0.05) is 6.92 Å². The molecule has 1 fully saturated rings. The fourth-order valence-electron chi connectivity index (χ4n) is 2.71. The van der Waals surface area contributed by atoms with E-state index in [0.29, 0.717) is 45.9 Å². The number of hydrogen-bond acceptors (Lipinski definition) is 5. The minimum atomic E-state index is -0.418. The van der Waals surface area contributed by atoms with E-state index in [1.807, 2.05) is 27.1 Å². The number of amides is 1. The van der Waals surface area contributed by atoms with E-state index in [0.717, 1.165) is 19.4 Å². The predicted molar refractivity (Wildman–Crippen MR) is 138 cm³/mol. The van der Waals surface area contributed by atoms with E-state index in [1.54, 1.807) is 45.1 Å². The minimum absolute atomic E-state index is 0. The van der Waals surface area contributed by atoms with Crippen LogP contribution in [0.1, 0.15) is 58.6 Å². The standard InChI is InChI=1S/C16H17O3.C11H19NO2.CH3.2Li/c1-10(9-17)11(2)12(3)14-7-15(18-5)13(4)16(8-14)19-6;1-5-12(8-9-6-7-9)10(13)14-11(2,3)4;;;/h3,7-8H,4H2,1-2,5-6H3;1,5-8H2,2-4H3;1H3;;/q-3;-2;-1;2*+1/b11-10-;;;;. The van der Waals surface area contributed by atoms with Gasteiger partial charge in [-0.2, -0.15) is 18.1 Å². The molecule has 0 heterocycles. The smallest absolute Gasteiger partial charge is 0.554 e. The zero-order valence-corrected chi connectivity index (χ0v) is 24.0. The molecule has 0 unspecified atom stereocenters. The van der Waals surface area contributed by atoms with Crippen LogP contribution in [0, 0.1) is 33.8 Å². The molecule has 0 bridgehead atoms. The number of ether oxygens (including phenoxy) is 3. The largest absolute Gasteiger partial charge is 1.00 e. The van der Waals surface area contributed by atoms with Crippen molar-refractivity contribution in [2.24, 2.45) is 0 Å². The van der Waals surface area contributed by atoms with Crippen LogP contribution >= 0.6 is 0 Å². The molecule has 1 aliphatic rings. The zero-order chi connectivity index (χ0) is 25.3. The van der Waals surface area contributed by atoms with Crippen LogP contribution in [0.4, 0.5) is 4.79 Å². The molecule has 1 aromatic rings. The average Bonchev–Trinajstić information content (AvgIpc) is 3.59. The molecule has 0 aliphatic heterocycles. The zero-order valence-electron chi connectivity index (χ0n) is 24.0. The Hall–Kier alpha value is -1.70. The van der Waals surface area contributed by atoms with E-state index in [1.165, 1.54) is 5.92 Å². The third-order valence-electron chi connectivity index (χ3n) is 4.98. The van der Waals surface area contributed by atoms with E-state index in [-0.39, 0.29) is 51.2 Å². The van der Waals surface area contributed by atoms with Gasteiger partial charge in [0.15, 0.2) is 0 Å². The maximum Gasteiger partial charge on any atom is 1.00 e. The molecule has 1 aliphatic carbocycles. The van der Waals surface area contributed by atoms with Crippen LogP contribution in [0.15, 0.2) is 23.3 Å². The van der Waals surface area contributed by atoms with Gasteiger partial charge in [-0.05, 0) is 27.1 Å². The van der Waals surface area contributed by atoms with E-state index >= 15 is 0 Å². The van der Waals surface area contributed by atoms with Gasteiger partial charge in [0, 0.05) is 11.5 Å². The van der Waals surface area contributed by atoms with Gasteiger partial charge >= 0.3 is 43.8 Å². The summed E-state index contributed by atoms with van der Waals surface area (Å²) in [4.78, 5) is 23.9. The van der Waals surface area contributed by atoms with Crippen LogP contribution < -0.4 is 47.2 Å². The Bertz CT molecular complexity index is 861. The summed E-state index contributed by atoms with van der Waals surface area (Å²) in [7, 11) is 3.10. The number of nitrogens with zero attached hydrogens (tertiary/aromatic N) is 1. The number of carbonyl (C=O) groups excluding carboxylic acids is 2. The Morgan fingerprint density at radius 2 is 1.61 bits per heavy atom.